The smallest absolute Gasteiger partial charge is 0.408 e. The molecule has 0 radical (unpaired) electrons. The number of nitrogens with zero attached hydrogens (tertiary/aromatic N) is 1. The molecule has 0 heterocycles. The van der Waals surface area contributed by atoms with E-state index in [9.17, 15) is 9.59 Å². The SMILES string of the molecule is CN(CCC=C1c2ccccc2CCc2ccccc21)C(=O)CNC(=O)OC(C)(C)C. The number of hydrogen-bond acceptors (Lipinski definition) is 3. The molecule has 5 heteroatoms. The number of rotatable bonds is 5. The average Bonchev–Trinajstić information content (AvgIpc) is 2.88. The Hall–Kier alpha value is -3.08. The summed E-state index contributed by atoms with van der Waals surface area (Å²) >= 11 is 0. The van der Waals surface area contributed by atoms with Crippen molar-refractivity contribution < 1.29 is 14.3 Å². The minimum absolute atomic E-state index is 0.0757. The fourth-order valence-electron chi connectivity index (χ4n) is 3.76. The molecule has 0 unspecified atom stereocenters. The number of carbonyl (C=O) groups excluding carboxylic acids is 2. The highest BCUT2D eigenvalue weighted by Gasteiger charge is 2.19. The number of carbonyl (C=O) groups is 2. The van der Waals surface area contributed by atoms with Gasteiger partial charge in [0, 0.05) is 13.6 Å². The standard InChI is InChI=1S/C26H32N2O3/c1-26(2,3)31-25(30)27-18-24(29)28(4)17-9-14-23-21-12-7-5-10-19(21)15-16-20-11-6-8-13-22(20)23/h5-8,10-14H,9,15-18H2,1-4H3,(H,27,30). The molecule has 2 amide bonds. The lowest BCUT2D eigenvalue weighted by Gasteiger charge is -2.21. The fraction of sp³-hybridized carbons (Fsp3) is 0.385. The molecule has 0 saturated heterocycles. The number of likely N-dealkylation sites (N-methyl/N-ethyl adjacent to an activating group) is 1. The predicted molar refractivity (Wildman–Crippen MR) is 124 cm³/mol. The van der Waals surface area contributed by atoms with Crippen LogP contribution in [0.2, 0.25) is 0 Å². The van der Waals surface area contributed by atoms with E-state index >= 15 is 0 Å². The van der Waals surface area contributed by atoms with Crippen molar-refractivity contribution in [3.63, 3.8) is 0 Å². The van der Waals surface area contributed by atoms with Crippen molar-refractivity contribution in [3.05, 3.63) is 76.9 Å². The van der Waals surface area contributed by atoms with Gasteiger partial charge in [-0.3, -0.25) is 4.79 Å². The minimum atomic E-state index is -0.587. The lowest BCUT2D eigenvalue weighted by molar-refractivity contribution is -0.128. The van der Waals surface area contributed by atoms with Gasteiger partial charge in [0.05, 0.1) is 0 Å². The van der Waals surface area contributed by atoms with E-state index in [1.54, 1.807) is 32.7 Å². The maximum atomic E-state index is 12.4. The molecule has 2 aromatic rings. The van der Waals surface area contributed by atoms with Crippen LogP contribution in [-0.4, -0.2) is 42.6 Å². The van der Waals surface area contributed by atoms with Crippen molar-refractivity contribution in [1.29, 1.82) is 0 Å². The fourth-order valence-corrected chi connectivity index (χ4v) is 3.76. The van der Waals surface area contributed by atoms with Crippen LogP contribution in [-0.2, 0) is 22.4 Å². The van der Waals surface area contributed by atoms with Gasteiger partial charge in [-0.2, -0.15) is 0 Å². The quantitative estimate of drug-likeness (QED) is 0.770. The van der Waals surface area contributed by atoms with E-state index in [-0.39, 0.29) is 12.5 Å². The molecule has 0 aliphatic heterocycles. The van der Waals surface area contributed by atoms with E-state index in [0.717, 1.165) is 19.3 Å². The number of ether oxygens (including phenoxy) is 1. The number of nitrogens with one attached hydrogen (secondary N) is 1. The molecule has 0 spiro atoms. The van der Waals surface area contributed by atoms with E-state index in [2.05, 4.69) is 59.9 Å². The number of benzene rings is 2. The Morgan fingerprint density at radius 1 is 1.00 bits per heavy atom. The highest BCUT2D eigenvalue weighted by molar-refractivity contribution is 5.84. The van der Waals surface area contributed by atoms with Gasteiger partial charge in [0.2, 0.25) is 5.91 Å². The molecule has 5 nitrogen and oxygen atoms in total. The second kappa shape index (κ2) is 9.82. The molecule has 0 aromatic heterocycles. The summed E-state index contributed by atoms with van der Waals surface area (Å²) in [6, 6.07) is 17.1. The summed E-state index contributed by atoms with van der Waals surface area (Å²) in [6.45, 7) is 5.86. The zero-order chi connectivity index (χ0) is 22.4. The van der Waals surface area contributed by atoms with Crippen LogP contribution in [0, 0.1) is 0 Å². The van der Waals surface area contributed by atoms with Crippen molar-refractivity contribution in [2.24, 2.45) is 0 Å². The van der Waals surface area contributed by atoms with E-state index in [1.807, 2.05) is 0 Å². The van der Waals surface area contributed by atoms with Crippen molar-refractivity contribution >= 4 is 17.6 Å². The minimum Gasteiger partial charge on any atom is -0.444 e. The number of amides is 2. The summed E-state index contributed by atoms with van der Waals surface area (Å²) in [7, 11) is 1.76. The Labute approximate surface area is 185 Å². The normalized spacial score (nSPS) is 12.8. The van der Waals surface area contributed by atoms with Gasteiger partial charge < -0.3 is 15.0 Å². The Morgan fingerprint density at radius 3 is 2.10 bits per heavy atom. The molecule has 1 N–H and O–H groups in total. The summed E-state index contributed by atoms with van der Waals surface area (Å²) in [5.74, 6) is -0.147. The van der Waals surface area contributed by atoms with Crippen molar-refractivity contribution in [2.75, 3.05) is 20.1 Å². The number of fused-ring (bicyclic) bond motifs is 2. The molecule has 0 atom stereocenters. The summed E-state index contributed by atoms with van der Waals surface area (Å²) < 4.78 is 5.18. The third kappa shape index (κ3) is 6.20. The third-order valence-corrected chi connectivity index (χ3v) is 5.30. The van der Waals surface area contributed by atoms with Gasteiger partial charge in [-0.25, -0.2) is 4.79 Å². The second-order valence-electron chi connectivity index (χ2n) is 8.89. The van der Waals surface area contributed by atoms with E-state index < -0.39 is 11.7 Å². The highest BCUT2D eigenvalue weighted by atomic mass is 16.6. The summed E-state index contributed by atoms with van der Waals surface area (Å²) in [6.07, 6.45) is 4.43. The second-order valence-corrected chi connectivity index (χ2v) is 8.89. The van der Waals surface area contributed by atoms with Crippen molar-refractivity contribution in [1.82, 2.24) is 10.2 Å². The van der Waals surface area contributed by atoms with Gasteiger partial charge in [0.25, 0.3) is 0 Å². The van der Waals surface area contributed by atoms with E-state index in [0.29, 0.717) is 6.54 Å². The van der Waals surface area contributed by atoms with Gasteiger partial charge in [-0.15, -0.1) is 0 Å². The zero-order valence-corrected chi connectivity index (χ0v) is 18.9. The summed E-state index contributed by atoms with van der Waals surface area (Å²) in [5, 5.41) is 2.53. The van der Waals surface area contributed by atoms with Gasteiger partial charge in [-0.1, -0.05) is 54.6 Å². The molecular formula is C26H32N2O3. The molecule has 3 rings (SSSR count). The van der Waals surface area contributed by atoms with E-state index in [1.165, 1.54) is 27.8 Å². The lowest BCUT2D eigenvalue weighted by Crippen LogP contribution is -2.40. The first-order chi connectivity index (χ1) is 14.7. The van der Waals surface area contributed by atoms with Crippen LogP contribution in [0.5, 0.6) is 0 Å². The summed E-state index contributed by atoms with van der Waals surface area (Å²) in [5.41, 5.74) is 5.90. The van der Waals surface area contributed by atoms with Gasteiger partial charge in [-0.05, 0) is 67.9 Å². The molecule has 1 aliphatic carbocycles. The molecule has 0 fully saturated rings. The topological polar surface area (TPSA) is 58.6 Å². The van der Waals surface area contributed by atoms with E-state index in [4.69, 9.17) is 4.74 Å². The van der Waals surface area contributed by atoms with Crippen molar-refractivity contribution in [2.45, 2.75) is 45.6 Å². The Balaban J connectivity index is 1.65. The number of alkyl carbamates (subject to hydrolysis) is 1. The van der Waals surface area contributed by atoms with Crippen LogP contribution in [0.1, 0.15) is 49.4 Å². The average molecular weight is 421 g/mol. The van der Waals surface area contributed by atoms with Crippen molar-refractivity contribution in [3.8, 4) is 0 Å². The molecule has 164 valence electrons. The Kier molecular flexibility index (Phi) is 7.16. The van der Waals surface area contributed by atoms with Crippen LogP contribution in [0.15, 0.2) is 54.6 Å². The van der Waals surface area contributed by atoms with Gasteiger partial charge >= 0.3 is 6.09 Å². The van der Waals surface area contributed by atoms with Crippen LogP contribution in [0.25, 0.3) is 5.57 Å². The van der Waals surface area contributed by atoms with Crippen LogP contribution >= 0.6 is 0 Å². The zero-order valence-electron chi connectivity index (χ0n) is 18.9. The van der Waals surface area contributed by atoms with Crippen LogP contribution < -0.4 is 5.32 Å². The predicted octanol–water partition coefficient (Wildman–Crippen LogP) is 4.59. The maximum Gasteiger partial charge on any atom is 0.408 e. The third-order valence-electron chi connectivity index (χ3n) is 5.30. The first-order valence-electron chi connectivity index (χ1n) is 10.8. The first-order valence-corrected chi connectivity index (χ1v) is 10.8. The highest BCUT2D eigenvalue weighted by Crippen LogP contribution is 2.33. The molecule has 0 bridgehead atoms. The Morgan fingerprint density at radius 2 is 1.55 bits per heavy atom. The largest absolute Gasteiger partial charge is 0.444 e. The number of aryl methyl sites for hydroxylation is 2. The molecule has 1 aliphatic rings. The van der Waals surface area contributed by atoms with Gasteiger partial charge in [0.1, 0.15) is 12.1 Å². The number of hydrogen-bond donors (Lipinski definition) is 1. The Bertz CT molecular complexity index is 923. The first kappa shape index (κ1) is 22.6. The lowest BCUT2D eigenvalue weighted by atomic mass is 9.93. The molecule has 31 heavy (non-hydrogen) atoms. The molecule has 0 saturated carbocycles. The molecule has 2 aromatic carbocycles. The van der Waals surface area contributed by atoms with Crippen LogP contribution in [0.4, 0.5) is 4.79 Å². The van der Waals surface area contributed by atoms with Crippen LogP contribution in [0.3, 0.4) is 0 Å². The van der Waals surface area contributed by atoms with Gasteiger partial charge in [0.15, 0.2) is 0 Å². The summed E-state index contributed by atoms with van der Waals surface area (Å²) in [4.78, 5) is 25.8. The molecular weight excluding hydrogens is 388 g/mol. The monoisotopic (exact) mass is 420 g/mol. The maximum absolute atomic E-state index is 12.4.